The fourth-order valence-corrected chi connectivity index (χ4v) is 4.47. The number of sulfonamides is 1. The predicted octanol–water partition coefficient (Wildman–Crippen LogP) is 4.15. The number of hydrogen-bond donors (Lipinski definition) is 1. The Labute approximate surface area is 163 Å². The van der Waals surface area contributed by atoms with Gasteiger partial charge in [-0.05, 0) is 50.6 Å². The van der Waals surface area contributed by atoms with Gasteiger partial charge >= 0.3 is 0 Å². The number of rotatable bonds is 4. The lowest BCUT2D eigenvalue weighted by Gasteiger charge is -2.12. The zero-order valence-electron chi connectivity index (χ0n) is 15.8. The summed E-state index contributed by atoms with van der Waals surface area (Å²) in [7, 11) is -3.76. The van der Waals surface area contributed by atoms with Crippen LogP contribution in [0.15, 0.2) is 65.6 Å². The molecule has 0 bridgehead atoms. The Morgan fingerprint density at radius 1 is 0.929 bits per heavy atom. The Hall–Kier alpha value is -3.19. The van der Waals surface area contributed by atoms with Crippen molar-refractivity contribution < 1.29 is 8.42 Å². The molecular weight excluding hydrogens is 372 g/mol. The summed E-state index contributed by atoms with van der Waals surface area (Å²) in [6.07, 6.45) is 0. The van der Waals surface area contributed by atoms with Crippen LogP contribution in [-0.2, 0) is 10.0 Å². The van der Waals surface area contributed by atoms with Gasteiger partial charge in [0.1, 0.15) is 5.82 Å². The quantitative estimate of drug-likeness (QED) is 0.566. The highest BCUT2D eigenvalue weighted by Gasteiger charge is 2.20. The second-order valence-corrected chi connectivity index (χ2v) is 8.47. The average Bonchev–Trinajstić information content (AvgIpc) is 3.00. The molecule has 0 saturated carbocycles. The van der Waals surface area contributed by atoms with Crippen molar-refractivity contribution in [2.75, 3.05) is 4.72 Å². The number of para-hydroxylation sites is 1. The third-order valence-corrected chi connectivity index (χ3v) is 6.01. The molecule has 4 rings (SSSR count). The molecule has 0 fully saturated rings. The van der Waals surface area contributed by atoms with Crippen molar-refractivity contribution in [1.82, 2.24) is 14.8 Å². The summed E-state index contributed by atoms with van der Waals surface area (Å²) in [6.45, 7) is 5.53. The highest BCUT2D eigenvalue weighted by atomic mass is 32.2. The van der Waals surface area contributed by atoms with Crippen LogP contribution >= 0.6 is 0 Å². The molecule has 142 valence electrons. The van der Waals surface area contributed by atoms with E-state index in [1.807, 2.05) is 56.3 Å². The summed E-state index contributed by atoms with van der Waals surface area (Å²) < 4.78 is 30.1. The molecule has 0 saturated heterocycles. The molecule has 0 aliphatic carbocycles. The first-order valence-corrected chi connectivity index (χ1v) is 10.3. The molecule has 4 aromatic rings. The number of benzene rings is 2. The van der Waals surface area contributed by atoms with Crippen LogP contribution in [0.5, 0.6) is 0 Å². The van der Waals surface area contributed by atoms with E-state index in [9.17, 15) is 8.42 Å². The van der Waals surface area contributed by atoms with Crippen molar-refractivity contribution in [3.63, 3.8) is 0 Å². The third-order valence-electron chi connectivity index (χ3n) is 4.49. The highest BCUT2D eigenvalue weighted by Crippen LogP contribution is 2.23. The van der Waals surface area contributed by atoms with Crippen LogP contribution in [0.1, 0.15) is 16.8 Å². The molecule has 2 heterocycles. The molecule has 7 heteroatoms. The number of aryl methyl sites for hydroxylation is 3. The van der Waals surface area contributed by atoms with Gasteiger partial charge in [-0.3, -0.25) is 4.72 Å². The maximum atomic E-state index is 13.0. The van der Waals surface area contributed by atoms with Gasteiger partial charge in [0.15, 0.2) is 5.82 Å². The van der Waals surface area contributed by atoms with Crippen LogP contribution in [-0.4, -0.2) is 23.2 Å². The van der Waals surface area contributed by atoms with Crippen LogP contribution in [0, 0.1) is 20.8 Å². The number of hydrogen-bond acceptors (Lipinski definition) is 4. The summed E-state index contributed by atoms with van der Waals surface area (Å²) in [5.41, 5.74) is 3.21. The molecule has 0 spiro atoms. The third kappa shape index (κ3) is 3.36. The summed E-state index contributed by atoms with van der Waals surface area (Å²) in [5.74, 6) is 0.894. The van der Waals surface area contributed by atoms with E-state index in [4.69, 9.17) is 0 Å². The van der Waals surface area contributed by atoms with Crippen molar-refractivity contribution in [2.45, 2.75) is 25.7 Å². The van der Waals surface area contributed by atoms with Crippen LogP contribution < -0.4 is 4.72 Å². The van der Waals surface area contributed by atoms with Gasteiger partial charge in [-0.15, -0.1) is 0 Å². The lowest BCUT2D eigenvalue weighted by molar-refractivity contribution is 0.600. The second-order valence-electron chi connectivity index (χ2n) is 6.82. The summed E-state index contributed by atoms with van der Waals surface area (Å²) in [6, 6.07) is 18.5. The Morgan fingerprint density at radius 2 is 1.71 bits per heavy atom. The van der Waals surface area contributed by atoms with Gasteiger partial charge in [0, 0.05) is 11.5 Å². The van der Waals surface area contributed by atoms with Crippen molar-refractivity contribution >= 4 is 26.7 Å². The van der Waals surface area contributed by atoms with E-state index in [-0.39, 0.29) is 4.90 Å². The molecule has 28 heavy (non-hydrogen) atoms. The van der Waals surface area contributed by atoms with Gasteiger partial charge in [-0.25, -0.2) is 13.4 Å². The van der Waals surface area contributed by atoms with Crippen molar-refractivity contribution in [3.05, 3.63) is 77.5 Å². The fourth-order valence-electron chi connectivity index (χ4n) is 3.21. The van der Waals surface area contributed by atoms with E-state index >= 15 is 0 Å². The first-order valence-electron chi connectivity index (χ1n) is 8.86. The topological polar surface area (TPSA) is 76.9 Å². The standard InChI is InChI=1S/C21H20N4O2S/c1-14-8-10-19(15(2)12-14)28(26,27)24-21-13-16(3)23-25(21)20-11-9-17-6-4-5-7-18(17)22-20/h4-13,24H,1-3H3. The van der Waals surface area contributed by atoms with Crippen molar-refractivity contribution in [1.29, 1.82) is 0 Å². The fraction of sp³-hybridized carbons (Fsp3) is 0.143. The van der Waals surface area contributed by atoms with Crippen molar-refractivity contribution in [2.24, 2.45) is 0 Å². The summed E-state index contributed by atoms with van der Waals surface area (Å²) in [4.78, 5) is 4.86. The lowest BCUT2D eigenvalue weighted by atomic mass is 10.2. The molecule has 2 aromatic heterocycles. The Kier molecular flexibility index (Phi) is 4.39. The van der Waals surface area contributed by atoms with Crippen LogP contribution in [0.25, 0.3) is 16.7 Å². The van der Waals surface area contributed by atoms with Crippen LogP contribution in [0.3, 0.4) is 0 Å². The van der Waals surface area contributed by atoms with E-state index in [2.05, 4.69) is 14.8 Å². The monoisotopic (exact) mass is 392 g/mol. The molecule has 1 N–H and O–H groups in total. The van der Waals surface area contributed by atoms with E-state index < -0.39 is 10.0 Å². The molecule has 0 aliphatic rings. The van der Waals surface area contributed by atoms with Crippen molar-refractivity contribution in [3.8, 4) is 5.82 Å². The van der Waals surface area contributed by atoms with Crippen LogP contribution in [0.2, 0.25) is 0 Å². The maximum Gasteiger partial charge on any atom is 0.263 e. The molecular formula is C21H20N4O2S. The number of anilines is 1. The molecule has 2 aromatic carbocycles. The zero-order chi connectivity index (χ0) is 19.9. The molecule has 0 unspecified atom stereocenters. The molecule has 6 nitrogen and oxygen atoms in total. The largest absolute Gasteiger partial charge is 0.263 e. The van der Waals surface area contributed by atoms with Gasteiger partial charge in [0.25, 0.3) is 10.0 Å². The average molecular weight is 392 g/mol. The first-order chi connectivity index (χ1) is 13.3. The lowest BCUT2D eigenvalue weighted by Crippen LogP contribution is -2.17. The minimum Gasteiger partial charge on any atom is -0.263 e. The Morgan fingerprint density at radius 3 is 2.50 bits per heavy atom. The second kappa shape index (κ2) is 6.76. The number of pyridine rings is 1. The molecule has 0 atom stereocenters. The smallest absolute Gasteiger partial charge is 0.263 e. The normalized spacial score (nSPS) is 11.7. The summed E-state index contributed by atoms with van der Waals surface area (Å²) >= 11 is 0. The van der Waals surface area contributed by atoms with Gasteiger partial charge in [0.05, 0.1) is 16.1 Å². The van der Waals surface area contributed by atoms with E-state index in [0.717, 1.165) is 16.5 Å². The van der Waals surface area contributed by atoms with Crippen LogP contribution in [0.4, 0.5) is 5.82 Å². The first kappa shape index (κ1) is 18.2. The number of nitrogens with one attached hydrogen (secondary N) is 1. The van der Waals surface area contributed by atoms with E-state index in [1.165, 1.54) is 4.68 Å². The number of nitrogens with zero attached hydrogens (tertiary/aromatic N) is 3. The highest BCUT2D eigenvalue weighted by molar-refractivity contribution is 7.92. The van der Waals surface area contributed by atoms with Gasteiger partial charge in [0.2, 0.25) is 0 Å². The predicted molar refractivity (Wildman–Crippen MR) is 110 cm³/mol. The minimum absolute atomic E-state index is 0.245. The molecule has 0 amide bonds. The minimum atomic E-state index is -3.76. The summed E-state index contributed by atoms with van der Waals surface area (Å²) in [5, 5.41) is 5.44. The van der Waals surface area contributed by atoms with Gasteiger partial charge < -0.3 is 0 Å². The van der Waals surface area contributed by atoms with E-state index in [1.54, 1.807) is 25.1 Å². The zero-order valence-corrected chi connectivity index (χ0v) is 16.7. The number of aromatic nitrogens is 3. The number of fused-ring (bicyclic) bond motifs is 1. The SMILES string of the molecule is Cc1ccc(S(=O)(=O)Nc2cc(C)nn2-c2ccc3ccccc3n2)c(C)c1. The Balaban J connectivity index is 1.77. The maximum absolute atomic E-state index is 13.0. The van der Waals surface area contributed by atoms with E-state index in [0.29, 0.717) is 22.9 Å². The Bertz CT molecular complexity index is 1290. The molecule has 0 aliphatic heterocycles. The van der Waals surface area contributed by atoms with Gasteiger partial charge in [-0.1, -0.05) is 35.9 Å². The molecule has 0 radical (unpaired) electrons. The van der Waals surface area contributed by atoms with Gasteiger partial charge in [-0.2, -0.15) is 9.78 Å².